The van der Waals surface area contributed by atoms with Gasteiger partial charge in [0.25, 0.3) is 5.56 Å². The first kappa shape index (κ1) is 26.8. The second kappa shape index (κ2) is 11.0. The van der Waals surface area contributed by atoms with Crippen LogP contribution in [0.2, 0.25) is 0 Å². The maximum absolute atomic E-state index is 13.8. The van der Waals surface area contributed by atoms with Crippen molar-refractivity contribution in [1.29, 1.82) is 5.26 Å². The van der Waals surface area contributed by atoms with E-state index in [4.69, 9.17) is 0 Å². The summed E-state index contributed by atoms with van der Waals surface area (Å²) in [5.41, 5.74) is 2.85. The molecule has 0 unspecified atom stereocenters. The van der Waals surface area contributed by atoms with E-state index in [1.807, 2.05) is 19.9 Å². The molecule has 4 rings (SSSR count). The average molecular weight is 529 g/mol. The lowest BCUT2D eigenvalue weighted by atomic mass is 10.0. The molecule has 8 nitrogen and oxygen atoms in total. The monoisotopic (exact) mass is 528 g/mol. The number of benzene rings is 2. The van der Waals surface area contributed by atoms with Crippen LogP contribution in [0.4, 0.5) is 0 Å². The Morgan fingerprint density at radius 1 is 1.13 bits per heavy atom. The largest absolute Gasteiger partial charge is 0.492 e. The molecule has 0 saturated carbocycles. The van der Waals surface area contributed by atoms with Gasteiger partial charge in [0.1, 0.15) is 5.82 Å². The first-order valence-electron chi connectivity index (χ1n) is 12.3. The molecular weight excluding hydrogens is 500 g/mol. The van der Waals surface area contributed by atoms with Crippen molar-refractivity contribution in [2.75, 3.05) is 0 Å². The lowest BCUT2D eigenvalue weighted by Crippen LogP contribution is -2.32. The number of aromatic hydroxyl groups is 1. The van der Waals surface area contributed by atoms with E-state index in [0.29, 0.717) is 24.0 Å². The summed E-state index contributed by atoms with van der Waals surface area (Å²) in [6.45, 7) is 5.64. The van der Waals surface area contributed by atoms with Gasteiger partial charge in [-0.3, -0.25) is 14.3 Å². The van der Waals surface area contributed by atoms with Crippen LogP contribution in [0.5, 0.6) is 5.88 Å². The van der Waals surface area contributed by atoms with Crippen molar-refractivity contribution in [2.24, 2.45) is 0 Å². The molecule has 0 aliphatic rings. The fraction of sp³-hybridized carbons (Fsp3) is 0.241. The van der Waals surface area contributed by atoms with E-state index < -0.39 is 32.2 Å². The summed E-state index contributed by atoms with van der Waals surface area (Å²) in [6.07, 6.45) is 5.27. The van der Waals surface area contributed by atoms with Gasteiger partial charge in [0.05, 0.1) is 22.6 Å². The minimum Gasteiger partial charge on any atom is -0.492 e. The van der Waals surface area contributed by atoms with Crippen LogP contribution in [-0.2, 0) is 16.3 Å². The minimum absolute atomic E-state index is 0.130. The molecule has 0 spiro atoms. The quantitative estimate of drug-likeness (QED) is 0.342. The van der Waals surface area contributed by atoms with Gasteiger partial charge in [-0.1, -0.05) is 37.6 Å². The average Bonchev–Trinajstić information content (AvgIpc) is 2.91. The Kier molecular flexibility index (Phi) is 7.74. The molecule has 2 aromatic heterocycles. The van der Waals surface area contributed by atoms with E-state index in [1.165, 1.54) is 16.7 Å². The highest BCUT2D eigenvalue weighted by Crippen LogP contribution is 2.30. The Bertz CT molecular complexity index is 1690. The van der Waals surface area contributed by atoms with E-state index in [-0.39, 0.29) is 10.7 Å². The number of hydrogen-bond acceptors (Lipinski definition) is 7. The molecule has 2 aromatic carbocycles. The number of nitrogens with zero attached hydrogens (tertiary/aromatic N) is 4. The van der Waals surface area contributed by atoms with Gasteiger partial charge in [-0.25, -0.2) is 8.42 Å². The number of sulfone groups is 1. The lowest BCUT2D eigenvalue weighted by Gasteiger charge is -2.21. The molecule has 38 heavy (non-hydrogen) atoms. The Labute approximate surface area is 221 Å². The minimum atomic E-state index is -4.41. The molecule has 9 heteroatoms. The molecule has 0 saturated heterocycles. The van der Waals surface area contributed by atoms with Crippen LogP contribution in [0.15, 0.2) is 81.6 Å². The lowest BCUT2D eigenvalue weighted by molar-refractivity contribution is 0.412. The summed E-state index contributed by atoms with van der Waals surface area (Å²) >= 11 is 0. The number of hydrogen-bond donors (Lipinski definition) is 1. The van der Waals surface area contributed by atoms with Crippen LogP contribution in [0.1, 0.15) is 55.2 Å². The number of rotatable bonds is 8. The van der Waals surface area contributed by atoms with Crippen molar-refractivity contribution in [3.8, 4) is 23.1 Å². The normalized spacial score (nSPS) is 12.2. The molecule has 0 aliphatic heterocycles. The van der Waals surface area contributed by atoms with Gasteiger partial charge >= 0.3 is 0 Å². The Balaban J connectivity index is 1.85. The fourth-order valence-corrected chi connectivity index (χ4v) is 5.79. The maximum atomic E-state index is 13.8. The fourth-order valence-electron chi connectivity index (χ4n) is 4.44. The van der Waals surface area contributed by atoms with Crippen molar-refractivity contribution < 1.29 is 13.5 Å². The summed E-state index contributed by atoms with van der Waals surface area (Å²) < 4.78 is 28.6. The zero-order valence-corrected chi connectivity index (χ0v) is 22.2. The summed E-state index contributed by atoms with van der Waals surface area (Å²) in [6, 6.07) is 16.2. The SMILES string of the molecule is CCCCc1nc(O)c(S(=O)(=O)c2ccc(-c3ccncc3C)cc2)c(=O)n1[C@H](C)c1cccc(C#N)c1. The van der Waals surface area contributed by atoms with Gasteiger partial charge in [0.15, 0.2) is 4.90 Å². The summed E-state index contributed by atoms with van der Waals surface area (Å²) in [7, 11) is -4.41. The predicted molar refractivity (Wildman–Crippen MR) is 144 cm³/mol. The van der Waals surface area contributed by atoms with Crippen molar-refractivity contribution >= 4 is 9.84 Å². The van der Waals surface area contributed by atoms with Crippen molar-refractivity contribution in [1.82, 2.24) is 14.5 Å². The molecule has 194 valence electrons. The Morgan fingerprint density at radius 3 is 2.53 bits per heavy atom. The molecule has 4 aromatic rings. The number of nitriles is 1. The standard InChI is InChI=1S/C29H28N4O4S/c1-4-5-9-26-32-28(34)27(29(35)33(26)20(3)23-8-6-7-21(16-23)17-30)38(36,37)24-12-10-22(11-13-24)25-14-15-31-18-19(25)2/h6-8,10-16,18,20,34H,4-5,9H2,1-3H3/t20-/m1/s1. The highest BCUT2D eigenvalue weighted by atomic mass is 32.2. The van der Waals surface area contributed by atoms with E-state index >= 15 is 0 Å². The Hall–Kier alpha value is -4.29. The van der Waals surface area contributed by atoms with Crippen molar-refractivity contribution in [3.63, 3.8) is 0 Å². The number of aromatic nitrogens is 3. The van der Waals surface area contributed by atoms with E-state index in [1.54, 1.807) is 55.7 Å². The van der Waals surface area contributed by atoms with Crippen LogP contribution >= 0.6 is 0 Å². The second-order valence-electron chi connectivity index (χ2n) is 9.09. The topological polar surface area (TPSA) is 126 Å². The summed E-state index contributed by atoms with van der Waals surface area (Å²) in [5, 5.41) is 20.1. The highest BCUT2D eigenvalue weighted by molar-refractivity contribution is 7.91. The molecule has 0 aliphatic carbocycles. The van der Waals surface area contributed by atoms with Gasteiger partial charge in [-0.15, -0.1) is 0 Å². The molecule has 1 N–H and O–H groups in total. The first-order valence-corrected chi connectivity index (χ1v) is 13.8. The van der Waals surface area contributed by atoms with Gasteiger partial charge in [-0.2, -0.15) is 10.2 Å². The second-order valence-corrected chi connectivity index (χ2v) is 11.0. The van der Waals surface area contributed by atoms with Crippen molar-refractivity contribution in [2.45, 2.75) is 55.9 Å². The zero-order valence-electron chi connectivity index (χ0n) is 21.4. The third kappa shape index (κ3) is 5.08. The summed E-state index contributed by atoms with van der Waals surface area (Å²) in [5.74, 6) is -0.531. The van der Waals surface area contributed by atoms with Crippen molar-refractivity contribution in [3.05, 3.63) is 99.9 Å². The van der Waals surface area contributed by atoms with Crippen LogP contribution in [0, 0.1) is 18.3 Å². The van der Waals surface area contributed by atoms with Crippen LogP contribution in [0.3, 0.4) is 0 Å². The molecule has 0 amide bonds. The molecule has 0 fully saturated rings. The molecule has 1 atom stereocenters. The molecule has 0 bridgehead atoms. The van der Waals surface area contributed by atoms with Gasteiger partial charge < -0.3 is 5.11 Å². The Morgan fingerprint density at radius 2 is 1.87 bits per heavy atom. The smallest absolute Gasteiger partial charge is 0.277 e. The first-order chi connectivity index (χ1) is 18.2. The third-order valence-electron chi connectivity index (χ3n) is 6.53. The number of pyridine rings is 1. The molecule has 2 heterocycles. The zero-order chi connectivity index (χ0) is 27.4. The van der Waals surface area contributed by atoms with Crippen LogP contribution < -0.4 is 5.56 Å². The molecular formula is C29H28N4O4S. The van der Waals surface area contributed by atoms with E-state index in [2.05, 4.69) is 16.0 Å². The van der Waals surface area contributed by atoms with Crippen LogP contribution in [-0.4, -0.2) is 28.1 Å². The van der Waals surface area contributed by atoms with Gasteiger partial charge in [-0.05, 0) is 72.9 Å². The van der Waals surface area contributed by atoms with Gasteiger partial charge in [0, 0.05) is 18.8 Å². The molecule has 0 radical (unpaired) electrons. The predicted octanol–water partition coefficient (Wildman–Crippen LogP) is 4.98. The van der Waals surface area contributed by atoms with Gasteiger partial charge in [0.2, 0.25) is 15.7 Å². The van der Waals surface area contributed by atoms with E-state index in [0.717, 1.165) is 23.1 Å². The number of aryl methyl sites for hydroxylation is 2. The maximum Gasteiger partial charge on any atom is 0.277 e. The van der Waals surface area contributed by atoms with Crippen LogP contribution in [0.25, 0.3) is 11.1 Å². The third-order valence-corrected chi connectivity index (χ3v) is 8.32. The van der Waals surface area contributed by atoms with E-state index in [9.17, 15) is 23.6 Å². The highest BCUT2D eigenvalue weighted by Gasteiger charge is 2.31. The number of unbranched alkanes of at least 4 members (excludes halogenated alkanes) is 1. The summed E-state index contributed by atoms with van der Waals surface area (Å²) in [4.78, 5) is 21.2.